The Balaban J connectivity index is 2.30. The van der Waals surface area contributed by atoms with Gasteiger partial charge in [0.2, 0.25) is 5.91 Å². The Kier molecular flexibility index (Phi) is 4.93. The van der Waals surface area contributed by atoms with Crippen LogP contribution in [0.15, 0.2) is 36.4 Å². The van der Waals surface area contributed by atoms with Gasteiger partial charge in [0.1, 0.15) is 11.6 Å². The first-order valence-corrected chi connectivity index (χ1v) is 8.77. The van der Waals surface area contributed by atoms with E-state index >= 15 is 0 Å². The molecule has 0 saturated carbocycles. The highest BCUT2D eigenvalue weighted by atomic mass is 35.5. The molecule has 0 spiro atoms. The Morgan fingerprint density at radius 1 is 1.26 bits per heavy atom. The number of hydrogen-bond donors (Lipinski definition) is 2. The van der Waals surface area contributed by atoms with Crippen molar-refractivity contribution in [2.45, 2.75) is 26.2 Å². The fourth-order valence-corrected chi connectivity index (χ4v) is 3.56. The van der Waals surface area contributed by atoms with Gasteiger partial charge in [0.15, 0.2) is 0 Å². The molecule has 3 aromatic rings. The number of carbonyl (C=O) groups is 2. The van der Waals surface area contributed by atoms with Crippen LogP contribution in [0.1, 0.15) is 40.9 Å². The molecule has 0 bridgehead atoms. The van der Waals surface area contributed by atoms with Crippen molar-refractivity contribution in [1.82, 2.24) is 4.57 Å². The van der Waals surface area contributed by atoms with Crippen LogP contribution in [0, 0.1) is 12.7 Å². The minimum atomic E-state index is -0.696. The van der Waals surface area contributed by atoms with Crippen molar-refractivity contribution >= 4 is 34.3 Å². The lowest BCUT2D eigenvalue weighted by atomic mass is 9.93. The fourth-order valence-electron chi connectivity index (χ4n) is 3.44. The quantitative estimate of drug-likeness (QED) is 0.705. The summed E-state index contributed by atoms with van der Waals surface area (Å²) in [5.74, 6) is -2.30. The van der Waals surface area contributed by atoms with Crippen LogP contribution < -0.4 is 5.73 Å². The topological polar surface area (TPSA) is 85.3 Å². The van der Waals surface area contributed by atoms with E-state index in [-0.39, 0.29) is 16.3 Å². The number of benzene rings is 2. The van der Waals surface area contributed by atoms with Gasteiger partial charge in [-0.05, 0) is 55.3 Å². The predicted molar refractivity (Wildman–Crippen MR) is 102 cm³/mol. The molecule has 0 aliphatic carbocycles. The summed E-state index contributed by atoms with van der Waals surface area (Å²) in [6.45, 7) is 3.51. The molecule has 1 amide bonds. The van der Waals surface area contributed by atoms with Crippen molar-refractivity contribution in [2.24, 2.45) is 5.73 Å². The molecule has 0 aliphatic rings. The Morgan fingerprint density at radius 2 is 1.96 bits per heavy atom. The Bertz CT molecular complexity index is 1070. The van der Waals surface area contributed by atoms with Crippen LogP contribution in [0.4, 0.5) is 4.39 Å². The maximum atomic E-state index is 13.8. The molecule has 1 unspecified atom stereocenters. The summed E-state index contributed by atoms with van der Waals surface area (Å²) >= 11 is 5.70. The van der Waals surface area contributed by atoms with E-state index < -0.39 is 23.5 Å². The predicted octanol–water partition coefficient (Wildman–Crippen LogP) is 4.12. The molecule has 140 valence electrons. The number of hydrogen-bond acceptors (Lipinski definition) is 3. The van der Waals surface area contributed by atoms with Gasteiger partial charge in [0.25, 0.3) is 5.91 Å². The summed E-state index contributed by atoms with van der Waals surface area (Å²) < 4.78 is 15.2. The van der Waals surface area contributed by atoms with Crippen LogP contribution in [0.2, 0.25) is 5.02 Å². The molecular weight excluding hydrogens is 371 g/mol. The maximum absolute atomic E-state index is 13.8. The maximum Gasteiger partial charge on any atom is 0.262 e. The van der Waals surface area contributed by atoms with Crippen LogP contribution in [-0.2, 0) is 4.79 Å². The highest BCUT2D eigenvalue weighted by Crippen LogP contribution is 2.36. The molecule has 3 rings (SSSR count). The van der Waals surface area contributed by atoms with Gasteiger partial charge >= 0.3 is 0 Å². The van der Waals surface area contributed by atoms with Crippen molar-refractivity contribution in [3.8, 4) is 5.75 Å². The molecule has 1 aromatic heterocycles. The van der Waals surface area contributed by atoms with Gasteiger partial charge in [-0.2, -0.15) is 0 Å². The lowest BCUT2D eigenvalue weighted by Crippen LogP contribution is -2.22. The highest BCUT2D eigenvalue weighted by molar-refractivity contribution is 6.30. The summed E-state index contributed by atoms with van der Waals surface area (Å²) in [4.78, 5) is 25.0. The molecule has 0 saturated heterocycles. The van der Waals surface area contributed by atoms with Gasteiger partial charge in [-0.1, -0.05) is 18.5 Å². The van der Waals surface area contributed by atoms with E-state index in [1.807, 2.05) is 6.92 Å². The number of primary amides is 1. The summed E-state index contributed by atoms with van der Waals surface area (Å²) in [5, 5.41) is 10.4. The molecule has 7 heteroatoms. The van der Waals surface area contributed by atoms with Crippen LogP contribution in [0.3, 0.4) is 0 Å². The molecule has 0 fully saturated rings. The number of nitrogens with two attached hydrogens (primary N) is 1. The zero-order valence-corrected chi connectivity index (χ0v) is 15.5. The van der Waals surface area contributed by atoms with Crippen molar-refractivity contribution in [2.75, 3.05) is 0 Å². The molecule has 3 N–H and O–H groups in total. The van der Waals surface area contributed by atoms with E-state index in [1.165, 1.54) is 28.8 Å². The van der Waals surface area contributed by atoms with Gasteiger partial charge < -0.3 is 10.8 Å². The van der Waals surface area contributed by atoms with E-state index in [1.54, 1.807) is 13.0 Å². The first-order chi connectivity index (χ1) is 12.8. The standard InChI is InChI=1S/C20H18ClFN2O3/c1-3-13(19(23)26)18-10(2)24(17-7-5-12(25)9-14(17)18)20(27)11-4-6-15(21)16(22)8-11/h4-9,13,25H,3H2,1-2H3,(H2,23,26). The number of carbonyl (C=O) groups excluding carboxylic acids is 2. The SMILES string of the molecule is CCC(C(N)=O)c1c(C)n(C(=O)c2ccc(Cl)c(F)c2)c2ccc(O)cc12. The largest absolute Gasteiger partial charge is 0.508 e. The normalized spacial score (nSPS) is 12.3. The molecule has 1 heterocycles. The molecule has 27 heavy (non-hydrogen) atoms. The van der Waals surface area contributed by atoms with Crippen LogP contribution in [0.25, 0.3) is 10.9 Å². The third-order valence-electron chi connectivity index (χ3n) is 4.71. The molecule has 1 atom stereocenters. The minimum Gasteiger partial charge on any atom is -0.508 e. The number of aromatic hydroxyl groups is 1. The van der Waals surface area contributed by atoms with Crippen LogP contribution >= 0.6 is 11.6 Å². The van der Waals surface area contributed by atoms with Gasteiger partial charge in [0, 0.05) is 16.6 Å². The lowest BCUT2D eigenvalue weighted by molar-refractivity contribution is -0.119. The number of phenols is 1. The summed E-state index contributed by atoms with van der Waals surface area (Å²) in [7, 11) is 0. The van der Waals surface area contributed by atoms with E-state index in [0.717, 1.165) is 6.07 Å². The van der Waals surface area contributed by atoms with Crippen molar-refractivity contribution in [1.29, 1.82) is 0 Å². The zero-order valence-electron chi connectivity index (χ0n) is 14.8. The smallest absolute Gasteiger partial charge is 0.262 e. The number of rotatable bonds is 4. The summed E-state index contributed by atoms with van der Waals surface area (Å²) in [5.41, 5.74) is 7.26. The summed E-state index contributed by atoms with van der Waals surface area (Å²) in [6, 6.07) is 8.35. The lowest BCUT2D eigenvalue weighted by Gasteiger charge is -2.13. The molecule has 0 aliphatic heterocycles. The second-order valence-electron chi connectivity index (χ2n) is 6.33. The number of halogens is 2. The number of aromatic nitrogens is 1. The van der Waals surface area contributed by atoms with E-state index in [2.05, 4.69) is 0 Å². The van der Waals surface area contributed by atoms with Crippen molar-refractivity contribution < 1.29 is 19.1 Å². The van der Waals surface area contributed by atoms with E-state index in [9.17, 15) is 19.1 Å². The Labute approximate surface area is 160 Å². The van der Waals surface area contributed by atoms with Crippen molar-refractivity contribution in [3.63, 3.8) is 0 Å². The average Bonchev–Trinajstić information content (AvgIpc) is 2.89. The van der Waals surface area contributed by atoms with Crippen LogP contribution in [0.5, 0.6) is 5.75 Å². The zero-order chi connectivity index (χ0) is 19.9. The highest BCUT2D eigenvalue weighted by Gasteiger charge is 2.27. The average molecular weight is 389 g/mol. The Hall–Kier alpha value is -2.86. The van der Waals surface area contributed by atoms with Gasteiger partial charge in [0.05, 0.1) is 16.5 Å². The van der Waals surface area contributed by atoms with E-state index in [4.69, 9.17) is 17.3 Å². The molecule has 5 nitrogen and oxygen atoms in total. The number of amides is 1. The minimum absolute atomic E-state index is 0.00482. The summed E-state index contributed by atoms with van der Waals surface area (Å²) in [6.07, 6.45) is 0.439. The second-order valence-corrected chi connectivity index (χ2v) is 6.74. The van der Waals surface area contributed by atoms with Gasteiger partial charge in [-0.15, -0.1) is 0 Å². The van der Waals surface area contributed by atoms with Crippen LogP contribution in [-0.4, -0.2) is 21.5 Å². The number of phenolic OH excluding ortho intramolecular Hbond substituents is 1. The monoisotopic (exact) mass is 388 g/mol. The first-order valence-electron chi connectivity index (χ1n) is 8.39. The third-order valence-corrected chi connectivity index (χ3v) is 5.01. The molecular formula is C20H18ClFN2O3. The number of fused-ring (bicyclic) bond motifs is 1. The van der Waals surface area contributed by atoms with E-state index in [0.29, 0.717) is 28.6 Å². The first kappa shape index (κ1) is 18.9. The van der Waals surface area contributed by atoms with Crippen molar-refractivity contribution in [3.05, 3.63) is 64.1 Å². The number of nitrogens with zero attached hydrogens (tertiary/aromatic N) is 1. The Morgan fingerprint density at radius 3 is 2.56 bits per heavy atom. The fraction of sp³-hybridized carbons (Fsp3) is 0.200. The molecule has 0 radical (unpaired) electrons. The van der Waals surface area contributed by atoms with Gasteiger partial charge in [-0.25, -0.2) is 4.39 Å². The molecule has 2 aromatic carbocycles. The second kappa shape index (κ2) is 7.04. The van der Waals surface area contributed by atoms with Gasteiger partial charge in [-0.3, -0.25) is 14.2 Å². The third kappa shape index (κ3) is 3.17.